The van der Waals surface area contributed by atoms with Gasteiger partial charge in [-0.05, 0) is 37.0 Å². The van der Waals surface area contributed by atoms with E-state index in [4.69, 9.17) is 0 Å². The molecule has 1 amide bonds. The standard InChI is InChI=1S/C18H34N2O2/c1-18(2,3)12-17(22)20-10-8-15(9-11-20)19-16-7-5-4-6-14(16)13-21/h14-16,19,21H,4-13H2,1-3H3/t14-,16-/m0/s1. The summed E-state index contributed by atoms with van der Waals surface area (Å²) in [6.07, 6.45) is 7.60. The summed E-state index contributed by atoms with van der Waals surface area (Å²) in [5, 5.41) is 13.3. The number of hydrogen-bond donors (Lipinski definition) is 2. The van der Waals surface area contributed by atoms with Gasteiger partial charge in [-0.25, -0.2) is 0 Å². The minimum atomic E-state index is 0.0721. The van der Waals surface area contributed by atoms with Crippen molar-refractivity contribution in [3.05, 3.63) is 0 Å². The molecule has 0 spiro atoms. The van der Waals surface area contributed by atoms with E-state index in [-0.39, 0.29) is 5.41 Å². The van der Waals surface area contributed by atoms with Crippen molar-refractivity contribution in [3.8, 4) is 0 Å². The fourth-order valence-electron chi connectivity index (χ4n) is 3.81. The molecular formula is C18H34N2O2. The van der Waals surface area contributed by atoms with Gasteiger partial charge in [0.1, 0.15) is 0 Å². The number of carbonyl (C=O) groups is 1. The van der Waals surface area contributed by atoms with Crippen LogP contribution in [-0.4, -0.2) is 47.7 Å². The summed E-state index contributed by atoms with van der Waals surface area (Å²) < 4.78 is 0. The number of likely N-dealkylation sites (tertiary alicyclic amines) is 1. The zero-order valence-electron chi connectivity index (χ0n) is 14.6. The quantitative estimate of drug-likeness (QED) is 0.839. The predicted molar refractivity (Wildman–Crippen MR) is 89.6 cm³/mol. The highest BCUT2D eigenvalue weighted by Crippen LogP contribution is 2.26. The molecule has 1 saturated heterocycles. The van der Waals surface area contributed by atoms with Crippen LogP contribution in [0.15, 0.2) is 0 Å². The van der Waals surface area contributed by atoms with Gasteiger partial charge in [-0.2, -0.15) is 0 Å². The van der Waals surface area contributed by atoms with Gasteiger partial charge >= 0.3 is 0 Å². The van der Waals surface area contributed by atoms with Crippen LogP contribution in [0.5, 0.6) is 0 Å². The molecule has 4 heteroatoms. The van der Waals surface area contributed by atoms with Crippen LogP contribution in [-0.2, 0) is 4.79 Å². The van der Waals surface area contributed by atoms with Gasteiger partial charge in [-0.3, -0.25) is 4.79 Å². The molecule has 0 aromatic carbocycles. The summed E-state index contributed by atoms with van der Waals surface area (Å²) in [4.78, 5) is 14.3. The summed E-state index contributed by atoms with van der Waals surface area (Å²) in [7, 11) is 0. The summed E-state index contributed by atoms with van der Waals surface area (Å²) in [5.41, 5.74) is 0.0721. The zero-order chi connectivity index (χ0) is 16.2. The van der Waals surface area contributed by atoms with Crippen molar-refractivity contribution in [2.45, 2.75) is 77.8 Å². The monoisotopic (exact) mass is 310 g/mol. The first kappa shape index (κ1) is 17.7. The molecule has 4 nitrogen and oxygen atoms in total. The van der Waals surface area contributed by atoms with Crippen molar-refractivity contribution < 1.29 is 9.90 Å². The summed E-state index contributed by atoms with van der Waals surface area (Å²) in [6, 6.07) is 0.983. The molecule has 0 unspecified atom stereocenters. The Labute approximate surface area is 135 Å². The zero-order valence-corrected chi connectivity index (χ0v) is 14.6. The molecule has 0 aromatic rings. The molecule has 1 saturated carbocycles. The Kier molecular flexibility index (Phi) is 6.27. The summed E-state index contributed by atoms with van der Waals surface area (Å²) in [6.45, 7) is 8.43. The number of aliphatic hydroxyl groups excluding tert-OH is 1. The normalized spacial score (nSPS) is 27.9. The average Bonchev–Trinajstić information content (AvgIpc) is 2.47. The van der Waals surface area contributed by atoms with Gasteiger partial charge in [-0.15, -0.1) is 0 Å². The van der Waals surface area contributed by atoms with Gasteiger partial charge in [0, 0.05) is 38.2 Å². The van der Waals surface area contributed by atoms with Crippen LogP contribution in [0.25, 0.3) is 0 Å². The minimum absolute atomic E-state index is 0.0721. The largest absolute Gasteiger partial charge is 0.396 e. The number of hydrogen-bond acceptors (Lipinski definition) is 3. The number of piperidine rings is 1. The van der Waals surface area contributed by atoms with Gasteiger partial charge in [-0.1, -0.05) is 33.6 Å². The lowest BCUT2D eigenvalue weighted by Gasteiger charge is -2.38. The Balaban J connectivity index is 1.76. The fraction of sp³-hybridized carbons (Fsp3) is 0.944. The van der Waals surface area contributed by atoms with E-state index in [1.807, 2.05) is 4.90 Å². The van der Waals surface area contributed by atoms with Crippen LogP contribution < -0.4 is 5.32 Å². The van der Waals surface area contributed by atoms with E-state index in [2.05, 4.69) is 26.1 Å². The highest BCUT2D eigenvalue weighted by atomic mass is 16.3. The highest BCUT2D eigenvalue weighted by Gasteiger charge is 2.30. The second-order valence-corrected chi connectivity index (χ2v) is 8.39. The molecule has 2 atom stereocenters. The second-order valence-electron chi connectivity index (χ2n) is 8.39. The lowest BCUT2D eigenvalue weighted by atomic mass is 9.84. The Morgan fingerprint density at radius 2 is 1.77 bits per heavy atom. The first-order valence-electron chi connectivity index (χ1n) is 9.04. The van der Waals surface area contributed by atoms with Gasteiger partial charge in [0.25, 0.3) is 0 Å². The Morgan fingerprint density at radius 3 is 2.36 bits per heavy atom. The topological polar surface area (TPSA) is 52.6 Å². The molecule has 2 aliphatic rings. The number of carbonyl (C=O) groups excluding carboxylic acids is 1. The smallest absolute Gasteiger partial charge is 0.223 e. The van der Waals surface area contributed by atoms with Crippen LogP contribution in [0.1, 0.15) is 65.7 Å². The Bertz CT molecular complexity index is 357. The molecule has 2 N–H and O–H groups in total. The van der Waals surface area contributed by atoms with E-state index in [0.717, 1.165) is 32.4 Å². The summed E-state index contributed by atoms with van der Waals surface area (Å²) in [5.74, 6) is 0.728. The fourth-order valence-corrected chi connectivity index (χ4v) is 3.81. The number of amides is 1. The van der Waals surface area contributed by atoms with Crippen LogP contribution in [0, 0.1) is 11.3 Å². The van der Waals surface area contributed by atoms with E-state index in [1.54, 1.807) is 0 Å². The van der Waals surface area contributed by atoms with E-state index in [0.29, 0.717) is 36.9 Å². The summed E-state index contributed by atoms with van der Waals surface area (Å²) >= 11 is 0. The van der Waals surface area contributed by atoms with Gasteiger partial charge in [0.15, 0.2) is 0 Å². The maximum atomic E-state index is 12.3. The third-order valence-electron chi connectivity index (χ3n) is 5.12. The first-order chi connectivity index (χ1) is 10.4. The average molecular weight is 310 g/mol. The van der Waals surface area contributed by atoms with Crippen molar-refractivity contribution in [2.24, 2.45) is 11.3 Å². The SMILES string of the molecule is CC(C)(C)CC(=O)N1CCC(N[C@H]2CCCC[C@H]2CO)CC1. The third-order valence-corrected chi connectivity index (χ3v) is 5.12. The molecule has 1 aliphatic heterocycles. The van der Waals surface area contributed by atoms with E-state index in [1.165, 1.54) is 19.3 Å². The maximum absolute atomic E-state index is 12.3. The molecule has 2 fully saturated rings. The molecule has 0 aromatic heterocycles. The molecule has 128 valence electrons. The molecule has 0 radical (unpaired) electrons. The van der Waals surface area contributed by atoms with Crippen LogP contribution in [0.3, 0.4) is 0 Å². The highest BCUT2D eigenvalue weighted by molar-refractivity contribution is 5.76. The second kappa shape index (κ2) is 7.78. The van der Waals surface area contributed by atoms with Crippen molar-refractivity contribution in [1.82, 2.24) is 10.2 Å². The molecule has 2 rings (SSSR count). The number of nitrogens with zero attached hydrogens (tertiary/aromatic N) is 1. The Morgan fingerprint density at radius 1 is 1.14 bits per heavy atom. The first-order valence-corrected chi connectivity index (χ1v) is 9.04. The van der Waals surface area contributed by atoms with Gasteiger partial charge < -0.3 is 15.3 Å². The van der Waals surface area contributed by atoms with Crippen LogP contribution >= 0.6 is 0 Å². The van der Waals surface area contributed by atoms with Crippen LogP contribution in [0.2, 0.25) is 0 Å². The molecule has 22 heavy (non-hydrogen) atoms. The number of nitrogens with one attached hydrogen (secondary N) is 1. The lowest BCUT2D eigenvalue weighted by Crippen LogP contribution is -2.51. The number of aliphatic hydroxyl groups is 1. The lowest BCUT2D eigenvalue weighted by molar-refractivity contribution is -0.134. The Hall–Kier alpha value is -0.610. The molecule has 1 aliphatic carbocycles. The molecule has 1 heterocycles. The number of rotatable bonds is 4. The molecule has 0 bridgehead atoms. The van der Waals surface area contributed by atoms with Gasteiger partial charge in [0.05, 0.1) is 0 Å². The van der Waals surface area contributed by atoms with Crippen molar-refractivity contribution in [3.63, 3.8) is 0 Å². The molecular weight excluding hydrogens is 276 g/mol. The van der Waals surface area contributed by atoms with Crippen LogP contribution in [0.4, 0.5) is 0 Å². The van der Waals surface area contributed by atoms with Crippen molar-refractivity contribution in [2.75, 3.05) is 19.7 Å². The maximum Gasteiger partial charge on any atom is 0.223 e. The third kappa shape index (κ3) is 5.24. The van der Waals surface area contributed by atoms with E-state index in [9.17, 15) is 9.90 Å². The minimum Gasteiger partial charge on any atom is -0.396 e. The van der Waals surface area contributed by atoms with E-state index < -0.39 is 0 Å². The van der Waals surface area contributed by atoms with Crippen molar-refractivity contribution in [1.29, 1.82) is 0 Å². The predicted octanol–water partition coefficient (Wildman–Crippen LogP) is 2.55. The van der Waals surface area contributed by atoms with E-state index >= 15 is 0 Å². The van der Waals surface area contributed by atoms with Gasteiger partial charge in [0.2, 0.25) is 5.91 Å². The van der Waals surface area contributed by atoms with Crippen molar-refractivity contribution >= 4 is 5.91 Å².